The van der Waals surface area contributed by atoms with Crippen LogP contribution in [0, 0.1) is 18.2 Å². The highest BCUT2D eigenvalue weighted by atomic mass is 19.1. The molecular formula is C15H11FN2O. The molecule has 0 aliphatic carbocycles. The number of hydrogen-bond acceptors (Lipinski definition) is 3. The van der Waals surface area contributed by atoms with Gasteiger partial charge in [0.15, 0.2) is 0 Å². The Morgan fingerprint density at radius 2 is 1.84 bits per heavy atom. The van der Waals surface area contributed by atoms with Crippen molar-refractivity contribution in [3.63, 3.8) is 0 Å². The maximum absolute atomic E-state index is 12.7. The Hall–Kier alpha value is -2.67. The molecule has 0 saturated carbocycles. The number of halogens is 1. The van der Waals surface area contributed by atoms with E-state index in [-0.39, 0.29) is 5.82 Å². The van der Waals surface area contributed by atoms with Gasteiger partial charge in [-0.05, 0) is 42.5 Å². The summed E-state index contributed by atoms with van der Waals surface area (Å²) in [5.41, 5.74) is 1.71. The number of azo groups is 1. The highest BCUT2D eigenvalue weighted by Gasteiger charge is 2.01. The van der Waals surface area contributed by atoms with E-state index in [1.54, 1.807) is 25.3 Å². The number of rotatable bonds is 3. The fourth-order valence-electron chi connectivity index (χ4n) is 1.46. The molecule has 0 atom stereocenters. The van der Waals surface area contributed by atoms with Gasteiger partial charge in [-0.15, -0.1) is 11.5 Å². The molecule has 4 heteroatoms. The van der Waals surface area contributed by atoms with E-state index >= 15 is 0 Å². The minimum absolute atomic E-state index is 0.312. The van der Waals surface area contributed by atoms with Crippen molar-refractivity contribution in [3.8, 4) is 18.1 Å². The Morgan fingerprint density at radius 3 is 2.47 bits per heavy atom. The zero-order valence-electron chi connectivity index (χ0n) is 10.3. The molecule has 0 heterocycles. The van der Waals surface area contributed by atoms with Gasteiger partial charge in [-0.2, -0.15) is 5.11 Å². The largest absolute Gasteiger partial charge is 0.497 e. The molecule has 0 aliphatic heterocycles. The molecule has 0 N–H and O–H groups in total. The third-order valence-electron chi connectivity index (χ3n) is 2.46. The lowest BCUT2D eigenvalue weighted by Gasteiger charge is -2.02. The third-order valence-corrected chi connectivity index (χ3v) is 2.46. The molecule has 0 bridgehead atoms. The minimum Gasteiger partial charge on any atom is -0.497 e. The summed E-state index contributed by atoms with van der Waals surface area (Å²) in [5.74, 6) is 2.87. The summed E-state index contributed by atoms with van der Waals surface area (Å²) in [7, 11) is 1.56. The van der Waals surface area contributed by atoms with Crippen molar-refractivity contribution >= 4 is 11.4 Å². The van der Waals surface area contributed by atoms with Crippen LogP contribution in [0.3, 0.4) is 0 Å². The monoisotopic (exact) mass is 254 g/mol. The molecule has 3 nitrogen and oxygen atoms in total. The highest BCUT2D eigenvalue weighted by molar-refractivity contribution is 5.57. The number of methoxy groups -OCH3 is 1. The number of benzene rings is 2. The second-order valence-corrected chi connectivity index (χ2v) is 3.70. The Morgan fingerprint density at radius 1 is 1.11 bits per heavy atom. The van der Waals surface area contributed by atoms with Crippen LogP contribution >= 0.6 is 0 Å². The summed E-state index contributed by atoms with van der Waals surface area (Å²) in [4.78, 5) is 0. The van der Waals surface area contributed by atoms with Crippen LogP contribution in [-0.4, -0.2) is 7.11 Å². The van der Waals surface area contributed by atoms with Gasteiger partial charge in [0.1, 0.15) is 17.3 Å². The molecule has 0 unspecified atom stereocenters. The van der Waals surface area contributed by atoms with Gasteiger partial charge in [0.05, 0.1) is 18.4 Å². The lowest BCUT2D eigenvalue weighted by molar-refractivity contribution is 0.414. The van der Waals surface area contributed by atoms with Crippen LogP contribution < -0.4 is 4.74 Å². The first-order chi connectivity index (χ1) is 9.22. The first kappa shape index (κ1) is 12.8. The standard InChI is InChI=1S/C15H11FN2O/c1-3-11-10-14(19-2)8-9-15(11)18-17-13-6-4-12(16)5-7-13/h1,4-10H,2H3. The van der Waals surface area contributed by atoms with Gasteiger partial charge in [0, 0.05) is 0 Å². The smallest absolute Gasteiger partial charge is 0.123 e. The molecular weight excluding hydrogens is 243 g/mol. The van der Waals surface area contributed by atoms with E-state index in [0.717, 1.165) is 0 Å². The second kappa shape index (κ2) is 5.78. The first-order valence-corrected chi connectivity index (χ1v) is 5.55. The quantitative estimate of drug-likeness (QED) is 0.596. The highest BCUT2D eigenvalue weighted by Crippen LogP contribution is 2.25. The Labute approximate surface area is 110 Å². The maximum Gasteiger partial charge on any atom is 0.123 e. The second-order valence-electron chi connectivity index (χ2n) is 3.70. The van der Waals surface area contributed by atoms with Crippen molar-refractivity contribution in [2.45, 2.75) is 0 Å². The van der Waals surface area contributed by atoms with Gasteiger partial charge in [-0.3, -0.25) is 0 Å². The molecule has 0 fully saturated rings. The zero-order chi connectivity index (χ0) is 13.7. The molecule has 0 aromatic heterocycles. The van der Waals surface area contributed by atoms with E-state index < -0.39 is 0 Å². The normalized spacial score (nSPS) is 10.4. The van der Waals surface area contributed by atoms with Gasteiger partial charge >= 0.3 is 0 Å². The Bertz CT molecular complexity index is 642. The molecule has 19 heavy (non-hydrogen) atoms. The van der Waals surface area contributed by atoms with Gasteiger partial charge < -0.3 is 4.74 Å². The van der Waals surface area contributed by atoms with Crippen molar-refractivity contribution in [1.82, 2.24) is 0 Å². The summed E-state index contributed by atoms with van der Waals surface area (Å²) in [6.45, 7) is 0. The molecule has 0 saturated heterocycles. The van der Waals surface area contributed by atoms with E-state index in [4.69, 9.17) is 11.2 Å². The molecule has 0 radical (unpaired) electrons. The van der Waals surface area contributed by atoms with Crippen LogP contribution in [-0.2, 0) is 0 Å². The first-order valence-electron chi connectivity index (χ1n) is 5.55. The van der Waals surface area contributed by atoms with Crippen molar-refractivity contribution in [3.05, 3.63) is 53.8 Å². The Kier molecular flexibility index (Phi) is 3.89. The summed E-state index contributed by atoms with van der Waals surface area (Å²) in [5, 5.41) is 8.06. The average Bonchev–Trinajstić information content (AvgIpc) is 2.46. The molecule has 2 aromatic carbocycles. The minimum atomic E-state index is -0.312. The molecule has 2 rings (SSSR count). The number of ether oxygens (including phenoxy) is 1. The van der Waals surface area contributed by atoms with Gasteiger partial charge in [0.25, 0.3) is 0 Å². The average molecular weight is 254 g/mol. The van der Waals surface area contributed by atoms with Crippen molar-refractivity contribution in [2.75, 3.05) is 7.11 Å². The molecule has 0 amide bonds. The predicted molar refractivity (Wildman–Crippen MR) is 71.5 cm³/mol. The van der Waals surface area contributed by atoms with Crippen LogP contribution in [0.2, 0.25) is 0 Å². The lowest BCUT2D eigenvalue weighted by atomic mass is 10.2. The topological polar surface area (TPSA) is 34.0 Å². The van der Waals surface area contributed by atoms with Crippen LogP contribution in [0.4, 0.5) is 15.8 Å². The van der Waals surface area contributed by atoms with E-state index in [1.165, 1.54) is 24.3 Å². The number of nitrogens with zero attached hydrogens (tertiary/aromatic N) is 2. The fraction of sp³-hybridized carbons (Fsp3) is 0.0667. The molecule has 0 spiro atoms. The molecule has 2 aromatic rings. The van der Waals surface area contributed by atoms with Crippen molar-refractivity contribution in [2.24, 2.45) is 10.2 Å². The number of terminal acetylenes is 1. The van der Waals surface area contributed by atoms with E-state index in [0.29, 0.717) is 22.7 Å². The zero-order valence-corrected chi connectivity index (χ0v) is 10.3. The summed E-state index contributed by atoms with van der Waals surface area (Å²) in [6.07, 6.45) is 5.41. The predicted octanol–water partition coefficient (Wildman–Crippen LogP) is 4.23. The third kappa shape index (κ3) is 3.17. The van der Waals surface area contributed by atoms with E-state index in [2.05, 4.69) is 16.1 Å². The summed E-state index contributed by atoms with van der Waals surface area (Å²) < 4.78 is 17.8. The van der Waals surface area contributed by atoms with Crippen LogP contribution in [0.15, 0.2) is 52.7 Å². The van der Waals surface area contributed by atoms with Crippen molar-refractivity contribution in [1.29, 1.82) is 0 Å². The van der Waals surface area contributed by atoms with E-state index in [1.807, 2.05) is 0 Å². The molecule has 94 valence electrons. The van der Waals surface area contributed by atoms with Crippen LogP contribution in [0.5, 0.6) is 5.75 Å². The van der Waals surface area contributed by atoms with E-state index in [9.17, 15) is 4.39 Å². The summed E-state index contributed by atoms with van der Waals surface area (Å²) in [6, 6.07) is 10.9. The maximum atomic E-state index is 12.7. The van der Waals surface area contributed by atoms with Gasteiger partial charge in [-0.1, -0.05) is 5.92 Å². The summed E-state index contributed by atoms with van der Waals surface area (Å²) >= 11 is 0. The fourth-order valence-corrected chi connectivity index (χ4v) is 1.46. The van der Waals surface area contributed by atoms with Crippen LogP contribution in [0.1, 0.15) is 5.56 Å². The van der Waals surface area contributed by atoms with Crippen LogP contribution in [0.25, 0.3) is 0 Å². The molecule has 0 aliphatic rings. The lowest BCUT2D eigenvalue weighted by Crippen LogP contribution is -1.83. The van der Waals surface area contributed by atoms with Crippen molar-refractivity contribution < 1.29 is 9.13 Å². The van der Waals surface area contributed by atoms with Gasteiger partial charge in [0.2, 0.25) is 0 Å². The SMILES string of the molecule is C#Cc1cc(OC)ccc1N=Nc1ccc(F)cc1. The number of hydrogen-bond donors (Lipinski definition) is 0. The Balaban J connectivity index is 2.28. The van der Waals surface area contributed by atoms with Gasteiger partial charge in [-0.25, -0.2) is 4.39 Å².